The molecule has 2 aromatic carbocycles. The maximum absolute atomic E-state index is 5.91. The van der Waals surface area contributed by atoms with Gasteiger partial charge in [-0.15, -0.1) is 0 Å². The lowest BCUT2D eigenvalue weighted by Gasteiger charge is -2.29. The summed E-state index contributed by atoms with van der Waals surface area (Å²) in [5.74, 6) is 1.63. The lowest BCUT2D eigenvalue weighted by Crippen LogP contribution is -2.36. The molecular formula is C20H23NO2. The van der Waals surface area contributed by atoms with Crippen LogP contribution in [0.1, 0.15) is 11.1 Å². The first kappa shape index (κ1) is 14.6. The molecule has 0 aromatic heterocycles. The number of ether oxygens (including phenoxy) is 2. The number of anilines is 1. The summed E-state index contributed by atoms with van der Waals surface area (Å²) < 4.78 is 11.3. The molecule has 4 rings (SSSR count). The second kappa shape index (κ2) is 6.63. The minimum absolute atomic E-state index is 0.569. The Labute approximate surface area is 137 Å². The van der Waals surface area contributed by atoms with Crippen LogP contribution in [0.3, 0.4) is 0 Å². The normalized spacial score (nSPS) is 20.7. The molecule has 2 aromatic rings. The fraction of sp³-hybridized carbons (Fsp3) is 0.400. The van der Waals surface area contributed by atoms with Gasteiger partial charge in [0.1, 0.15) is 5.75 Å². The topological polar surface area (TPSA) is 21.7 Å². The van der Waals surface area contributed by atoms with Gasteiger partial charge in [-0.05, 0) is 42.2 Å². The first-order chi connectivity index (χ1) is 11.4. The molecule has 0 saturated carbocycles. The van der Waals surface area contributed by atoms with Crippen molar-refractivity contribution in [3.63, 3.8) is 0 Å². The Balaban J connectivity index is 1.40. The molecule has 0 aliphatic carbocycles. The summed E-state index contributed by atoms with van der Waals surface area (Å²) >= 11 is 0. The molecule has 2 aliphatic heterocycles. The van der Waals surface area contributed by atoms with E-state index < -0.39 is 0 Å². The number of rotatable bonds is 3. The molecule has 3 nitrogen and oxygen atoms in total. The van der Waals surface area contributed by atoms with Gasteiger partial charge in [0.25, 0.3) is 0 Å². The molecular weight excluding hydrogens is 286 g/mol. The summed E-state index contributed by atoms with van der Waals surface area (Å²) in [5, 5.41) is 0. The van der Waals surface area contributed by atoms with Crippen molar-refractivity contribution in [2.45, 2.75) is 12.8 Å². The Hall–Kier alpha value is -2.00. The zero-order chi connectivity index (χ0) is 15.5. The number of para-hydroxylation sites is 1. The van der Waals surface area contributed by atoms with E-state index in [1.54, 1.807) is 0 Å². The molecule has 2 heterocycles. The van der Waals surface area contributed by atoms with Gasteiger partial charge >= 0.3 is 0 Å². The van der Waals surface area contributed by atoms with Crippen molar-refractivity contribution in [3.8, 4) is 5.75 Å². The van der Waals surface area contributed by atoms with Crippen LogP contribution in [-0.4, -0.2) is 32.9 Å². The average Bonchev–Trinajstić information content (AvgIpc) is 2.63. The van der Waals surface area contributed by atoms with Crippen molar-refractivity contribution < 1.29 is 9.47 Å². The molecule has 23 heavy (non-hydrogen) atoms. The largest absolute Gasteiger partial charge is 0.493 e. The highest BCUT2D eigenvalue weighted by atomic mass is 16.5. The fourth-order valence-corrected chi connectivity index (χ4v) is 3.52. The highest BCUT2D eigenvalue weighted by molar-refractivity contribution is 5.48. The predicted molar refractivity (Wildman–Crippen MR) is 92.3 cm³/mol. The number of benzene rings is 2. The number of hydrogen-bond acceptors (Lipinski definition) is 3. The van der Waals surface area contributed by atoms with Gasteiger partial charge in [0.2, 0.25) is 0 Å². The molecule has 1 atom stereocenters. The van der Waals surface area contributed by atoms with Crippen LogP contribution in [0.5, 0.6) is 5.75 Å². The van der Waals surface area contributed by atoms with Crippen LogP contribution in [0.15, 0.2) is 48.5 Å². The van der Waals surface area contributed by atoms with E-state index in [2.05, 4.69) is 47.4 Å². The van der Waals surface area contributed by atoms with Crippen LogP contribution in [-0.2, 0) is 17.6 Å². The van der Waals surface area contributed by atoms with Crippen molar-refractivity contribution in [1.82, 2.24) is 0 Å². The molecule has 0 N–H and O–H groups in total. The van der Waals surface area contributed by atoms with Gasteiger partial charge in [0.05, 0.1) is 19.8 Å². The molecule has 0 bridgehead atoms. The highest BCUT2D eigenvalue weighted by Crippen LogP contribution is 2.29. The maximum atomic E-state index is 5.91. The van der Waals surface area contributed by atoms with E-state index in [1.807, 2.05) is 6.07 Å². The zero-order valence-corrected chi connectivity index (χ0v) is 13.4. The summed E-state index contributed by atoms with van der Waals surface area (Å²) in [6.45, 7) is 4.47. The van der Waals surface area contributed by atoms with E-state index in [0.717, 1.165) is 51.5 Å². The zero-order valence-electron chi connectivity index (χ0n) is 13.4. The minimum atomic E-state index is 0.569. The number of hydrogen-bond donors (Lipinski definition) is 0. The van der Waals surface area contributed by atoms with Crippen molar-refractivity contribution in [2.24, 2.45) is 5.92 Å². The van der Waals surface area contributed by atoms with Crippen molar-refractivity contribution in [3.05, 3.63) is 59.7 Å². The van der Waals surface area contributed by atoms with Gasteiger partial charge in [-0.25, -0.2) is 0 Å². The Morgan fingerprint density at radius 1 is 0.957 bits per heavy atom. The van der Waals surface area contributed by atoms with E-state index in [-0.39, 0.29) is 0 Å². The monoisotopic (exact) mass is 309 g/mol. The molecule has 1 unspecified atom stereocenters. The van der Waals surface area contributed by atoms with Crippen LogP contribution >= 0.6 is 0 Å². The van der Waals surface area contributed by atoms with Crippen LogP contribution in [0.4, 0.5) is 5.69 Å². The van der Waals surface area contributed by atoms with E-state index in [1.165, 1.54) is 16.8 Å². The number of morpholine rings is 1. The van der Waals surface area contributed by atoms with Gasteiger partial charge in [0, 0.05) is 24.7 Å². The number of nitrogens with zero attached hydrogens (tertiary/aromatic N) is 1. The SMILES string of the molecule is c1ccc2c(c1)CC(Cc1ccc(N3CCOCC3)cc1)CO2. The lowest BCUT2D eigenvalue weighted by molar-refractivity contribution is 0.122. The van der Waals surface area contributed by atoms with Gasteiger partial charge in [-0.2, -0.15) is 0 Å². The Kier molecular flexibility index (Phi) is 4.20. The predicted octanol–water partition coefficient (Wildman–Crippen LogP) is 3.32. The lowest BCUT2D eigenvalue weighted by atomic mass is 9.91. The third-order valence-electron chi connectivity index (χ3n) is 4.79. The summed E-state index contributed by atoms with van der Waals surface area (Å²) in [6, 6.07) is 17.4. The minimum Gasteiger partial charge on any atom is -0.493 e. The van der Waals surface area contributed by atoms with E-state index in [9.17, 15) is 0 Å². The second-order valence-electron chi connectivity index (χ2n) is 6.46. The van der Waals surface area contributed by atoms with E-state index >= 15 is 0 Å². The third kappa shape index (κ3) is 3.35. The molecule has 1 fully saturated rings. The maximum Gasteiger partial charge on any atom is 0.122 e. The van der Waals surface area contributed by atoms with Gasteiger partial charge < -0.3 is 14.4 Å². The average molecular weight is 309 g/mol. The molecule has 0 amide bonds. The number of fused-ring (bicyclic) bond motifs is 1. The second-order valence-corrected chi connectivity index (χ2v) is 6.46. The first-order valence-corrected chi connectivity index (χ1v) is 8.51. The third-order valence-corrected chi connectivity index (χ3v) is 4.79. The van der Waals surface area contributed by atoms with Crippen molar-refractivity contribution in [2.75, 3.05) is 37.8 Å². The Bertz CT molecular complexity index is 647. The van der Waals surface area contributed by atoms with Crippen LogP contribution in [0, 0.1) is 5.92 Å². The molecule has 0 spiro atoms. The van der Waals surface area contributed by atoms with E-state index in [0.29, 0.717) is 5.92 Å². The van der Waals surface area contributed by atoms with E-state index in [4.69, 9.17) is 9.47 Å². The quantitative estimate of drug-likeness (QED) is 0.868. The Morgan fingerprint density at radius 3 is 2.57 bits per heavy atom. The Morgan fingerprint density at radius 2 is 1.74 bits per heavy atom. The molecule has 2 aliphatic rings. The molecule has 1 saturated heterocycles. The van der Waals surface area contributed by atoms with Crippen molar-refractivity contribution >= 4 is 5.69 Å². The smallest absolute Gasteiger partial charge is 0.122 e. The van der Waals surface area contributed by atoms with Crippen molar-refractivity contribution in [1.29, 1.82) is 0 Å². The first-order valence-electron chi connectivity index (χ1n) is 8.51. The summed E-state index contributed by atoms with van der Waals surface area (Å²) in [4.78, 5) is 2.40. The fourth-order valence-electron chi connectivity index (χ4n) is 3.52. The van der Waals surface area contributed by atoms with Crippen LogP contribution in [0.25, 0.3) is 0 Å². The van der Waals surface area contributed by atoms with Crippen LogP contribution < -0.4 is 9.64 Å². The summed E-state index contributed by atoms with van der Waals surface area (Å²) in [6.07, 6.45) is 2.19. The standard InChI is InChI=1S/C20H23NO2/c1-2-4-20-18(3-1)14-17(15-23-20)13-16-5-7-19(8-6-16)21-9-11-22-12-10-21/h1-8,17H,9-15H2. The van der Waals surface area contributed by atoms with Gasteiger partial charge in [0.15, 0.2) is 0 Å². The summed E-state index contributed by atoms with van der Waals surface area (Å²) in [5.41, 5.74) is 4.05. The summed E-state index contributed by atoms with van der Waals surface area (Å²) in [7, 11) is 0. The molecule has 120 valence electrons. The van der Waals surface area contributed by atoms with Crippen LogP contribution in [0.2, 0.25) is 0 Å². The van der Waals surface area contributed by atoms with Gasteiger partial charge in [-0.1, -0.05) is 30.3 Å². The molecule has 3 heteroatoms. The molecule has 0 radical (unpaired) electrons. The highest BCUT2D eigenvalue weighted by Gasteiger charge is 2.20. The van der Waals surface area contributed by atoms with Gasteiger partial charge in [-0.3, -0.25) is 0 Å².